The molecule has 1 saturated heterocycles. The molecule has 0 aliphatic carbocycles. The Kier molecular flexibility index (Phi) is 5.85. The third kappa shape index (κ3) is 5.02. The van der Waals surface area contributed by atoms with E-state index < -0.39 is 18.0 Å². The largest absolute Gasteiger partial charge is 0.471 e. The predicted molar refractivity (Wildman–Crippen MR) is 110 cm³/mol. The van der Waals surface area contributed by atoms with E-state index >= 15 is 0 Å². The molecule has 0 spiro atoms. The van der Waals surface area contributed by atoms with Crippen molar-refractivity contribution in [3.63, 3.8) is 0 Å². The number of urea groups is 1. The van der Waals surface area contributed by atoms with Crippen LogP contribution in [0, 0.1) is 0 Å². The lowest BCUT2D eigenvalue weighted by atomic mass is 10.2. The van der Waals surface area contributed by atoms with Gasteiger partial charge < -0.3 is 25.4 Å². The molecule has 172 valence electrons. The summed E-state index contributed by atoms with van der Waals surface area (Å²) in [6.07, 6.45) is -3.30. The maximum Gasteiger partial charge on any atom is 0.471 e. The fraction of sp³-hybridized carbons (Fsp3) is 0.250. The summed E-state index contributed by atoms with van der Waals surface area (Å²) in [5, 5.41) is 6.08. The number of hydrogen-bond acceptors (Lipinski definition) is 7. The number of pyridine rings is 1. The number of hydrogen-bond donors (Lipinski definition) is 2. The molecule has 10 nitrogen and oxygen atoms in total. The van der Waals surface area contributed by atoms with Crippen molar-refractivity contribution in [3.05, 3.63) is 54.0 Å². The monoisotopic (exact) mass is 461 g/mol. The zero-order valence-corrected chi connectivity index (χ0v) is 17.0. The topological polar surface area (TPSA) is 130 Å². The van der Waals surface area contributed by atoms with Gasteiger partial charge in [-0.25, -0.2) is 9.78 Å². The molecule has 1 aliphatic heterocycles. The van der Waals surface area contributed by atoms with Crippen LogP contribution in [0.4, 0.5) is 29.5 Å². The average Bonchev–Trinajstić information content (AvgIpc) is 3.31. The lowest BCUT2D eigenvalue weighted by Crippen LogP contribution is -2.50. The summed E-state index contributed by atoms with van der Waals surface area (Å²) < 4.78 is 42.0. The van der Waals surface area contributed by atoms with Crippen molar-refractivity contribution in [3.8, 4) is 11.4 Å². The van der Waals surface area contributed by atoms with Gasteiger partial charge in [0.2, 0.25) is 11.7 Å². The van der Waals surface area contributed by atoms with Gasteiger partial charge in [-0.15, -0.1) is 0 Å². The number of aromatic nitrogens is 3. The van der Waals surface area contributed by atoms with Gasteiger partial charge in [0.05, 0.1) is 5.56 Å². The normalized spacial score (nSPS) is 14.3. The summed E-state index contributed by atoms with van der Waals surface area (Å²) in [5.74, 6) is -1.49. The number of alkyl halides is 3. The van der Waals surface area contributed by atoms with Gasteiger partial charge in [-0.1, -0.05) is 5.16 Å². The summed E-state index contributed by atoms with van der Waals surface area (Å²) in [5.41, 5.74) is 6.32. The van der Waals surface area contributed by atoms with Crippen molar-refractivity contribution in [2.24, 2.45) is 5.73 Å². The van der Waals surface area contributed by atoms with Gasteiger partial charge in [0, 0.05) is 43.6 Å². The Morgan fingerprint density at radius 1 is 1.03 bits per heavy atom. The maximum absolute atomic E-state index is 12.6. The van der Waals surface area contributed by atoms with Crippen LogP contribution in [0.1, 0.15) is 16.2 Å². The van der Waals surface area contributed by atoms with Gasteiger partial charge in [-0.05, 0) is 36.4 Å². The van der Waals surface area contributed by atoms with E-state index in [1.165, 1.54) is 30.5 Å². The van der Waals surface area contributed by atoms with E-state index in [9.17, 15) is 22.8 Å². The fourth-order valence-electron chi connectivity index (χ4n) is 3.22. The van der Waals surface area contributed by atoms with Gasteiger partial charge >= 0.3 is 18.1 Å². The number of piperazine rings is 1. The summed E-state index contributed by atoms with van der Waals surface area (Å²) in [6, 6.07) is 9.05. The van der Waals surface area contributed by atoms with Crippen LogP contribution in [0.2, 0.25) is 0 Å². The number of primary amides is 1. The van der Waals surface area contributed by atoms with Crippen molar-refractivity contribution in [1.82, 2.24) is 20.0 Å². The van der Waals surface area contributed by atoms with E-state index in [4.69, 9.17) is 5.73 Å². The van der Waals surface area contributed by atoms with Crippen molar-refractivity contribution >= 4 is 23.4 Å². The Labute approximate surface area is 185 Å². The number of nitrogens with zero attached hydrogens (tertiary/aromatic N) is 5. The number of anilines is 2. The first-order chi connectivity index (χ1) is 15.7. The Bertz CT molecular complexity index is 1140. The Hall–Kier alpha value is -4.16. The second kappa shape index (κ2) is 8.76. The molecule has 3 N–H and O–H groups in total. The summed E-state index contributed by atoms with van der Waals surface area (Å²) >= 11 is 0. The molecule has 1 aliphatic rings. The summed E-state index contributed by atoms with van der Waals surface area (Å²) in [4.78, 5) is 34.9. The fourth-order valence-corrected chi connectivity index (χ4v) is 3.22. The molecule has 0 unspecified atom stereocenters. The molecule has 3 aromatic rings. The average molecular weight is 461 g/mol. The third-order valence-corrected chi connectivity index (χ3v) is 4.99. The molecule has 2 aromatic heterocycles. The number of nitrogens with one attached hydrogen (secondary N) is 1. The van der Waals surface area contributed by atoms with E-state index in [-0.39, 0.29) is 11.9 Å². The minimum atomic E-state index is -4.72. The van der Waals surface area contributed by atoms with Crippen molar-refractivity contribution in [2.75, 3.05) is 36.4 Å². The highest BCUT2D eigenvalue weighted by atomic mass is 19.4. The van der Waals surface area contributed by atoms with Gasteiger partial charge in [0.15, 0.2) is 0 Å². The number of amides is 3. The lowest BCUT2D eigenvalue weighted by Gasteiger charge is -2.35. The van der Waals surface area contributed by atoms with Crippen LogP contribution in [-0.2, 0) is 6.18 Å². The number of nitrogens with two attached hydrogens (primary N) is 1. The molecular weight excluding hydrogens is 443 g/mol. The minimum absolute atomic E-state index is 0.200. The Morgan fingerprint density at radius 2 is 1.73 bits per heavy atom. The van der Waals surface area contributed by atoms with E-state index in [1.54, 1.807) is 17.0 Å². The number of carbonyl (C=O) groups is 2. The summed E-state index contributed by atoms with van der Waals surface area (Å²) in [7, 11) is 0. The first-order valence-electron chi connectivity index (χ1n) is 9.79. The van der Waals surface area contributed by atoms with Crippen molar-refractivity contribution in [1.29, 1.82) is 0 Å². The van der Waals surface area contributed by atoms with Crippen LogP contribution in [0.5, 0.6) is 0 Å². The SMILES string of the molecule is NC(=O)c1ccc(N2CCN(C(=O)Nc3ccc(-c4noc(C(F)(F)F)n4)cc3)CC2)nc1. The van der Waals surface area contributed by atoms with Crippen LogP contribution in [-0.4, -0.2) is 58.1 Å². The molecule has 3 amide bonds. The Morgan fingerprint density at radius 3 is 2.27 bits per heavy atom. The number of carbonyl (C=O) groups excluding carboxylic acids is 2. The zero-order valence-electron chi connectivity index (χ0n) is 17.0. The van der Waals surface area contributed by atoms with E-state index in [1.807, 2.05) is 4.90 Å². The molecule has 3 heterocycles. The van der Waals surface area contributed by atoms with Gasteiger partial charge in [0.1, 0.15) is 5.82 Å². The molecule has 0 atom stereocenters. The highest BCUT2D eigenvalue weighted by Gasteiger charge is 2.38. The van der Waals surface area contributed by atoms with Crippen LogP contribution < -0.4 is 16.0 Å². The van der Waals surface area contributed by atoms with E-state index in [0.29, 0.717) is 48.8 Å². The molecule has 4 rings (SSSR count). The van der Waals surface area contributed by atoms with Gasteiger partial charge in [-0.3, -0.25) is 4.79 Å². The first kappa shape index (κ1) is 22.0. The molecule has 1 fully saturated rings. The molecular formula is C20H18F3N7O3. The van der Waals surface area contributed by atoms with Crippen molar-refractivity contribution < 1.29 is 27.3 Å². The molecule has 13 heteroatoms. The number of halogens is 3. The van der Waals surface area contributed by atoms with Gasteiger partial charge in [-0.2, -0.15) is 18.2 Å². The van der Waals surface area contributed by atoms with Crippen LogP contribution in [0.15, 0.2) is 47.1 Å². The van der Waals surface area contributed by atoms with E-state index in [2.05, 4.69) is 25.0 Å². The summed E-state index contributed by atoms with van der Waals surface area (Å²) in [6.45, 7) is 2.00. The maximum atomic E-state index is 12.6. The number of rotatable bonds is 4. The smallest absolute Gasteiger partial charge is 0.366 e. The van der Waals surface area contributed by atoms with Crippen LogP contribution >= 0.6 is 0 Å². The second-order valence-corrected chi connectivity index (χ2v) is 7.17. The van der Waals surface area contributed by atoms with Crippen LogP contribution in [0.3, 0.4) is 0 Å². The van der Waals surface area contributed by atoms with Gasteiger partial charge in [0.25, 0.3) is 0 Å². The molecule has 0 radical (unpaired) electrons. The molecule has 0 bridgehead atoms. The standard InChI is InChI=1S/C20H18F3N7O3/c21-20(22,23)18-27-17(28-33-18)12-1-4-14(5-2-12)26-19(32)30-9-7-29(8-10-30)15-6-3-13(11-25-15)16(24)31/h1-6,11H,7-10H2,(H2,24,31)(H,26,32). The molecule has 1 aromatic carbocycles. The molecule has 33 heavy (non-hydrogen) atoms. The molecule has 0 saturated carbocycles. The van der Waals surface area contributed by atoms with Crippen molar-refractivity contribution in [2.45, 2.75) is 6.18 Å². The quantitative estimate of drug-likeness (QED) is 0.611. The number of benzene rings is 1. The minimum Gasteiger partial charge on any atom is -0.366 e. The van der Waals surface area contributed by atoms with E-state index in [0.717, 1.165) is 0 Å². The van der Waals surface area contributed by atoms with Crippen LogP contribution in [0.25, 0.3) is 11.4 Å². The highest BCUT2D eigenvalue weighted by Crippen LogP contribution is 2.29. The zero-order chi connectivity index (χ0) is 23.6. The Balaban J connectivity index is 1.32. The second-order valence-electron chi connectivity index (χ2n) is 7.17. The highest BCUT2D eigenvalue weighted by molar-refractivity contribution is 5.92. The third-order valence-electron chi connectivity index (χ3n) is 4.99. The first-order valence-corrected chi connectivity index (χ1v) is 9.79. The lowest BCUT2D eigenvalue weighted by molar-refractivity contribution is -0.159. The predicted octanol–water partition coefficient (Wildman–Crippen LogP) is 2.60.